The average molecular weight is 533 g/mol. The molecule has 0 bridgehead atoms. The smallest absolute Gasteiger partial charge is 0.274 e. The zero-order valence-corrected chi connectivity index (χ0v) is 20.6. The van der Waals surface area contributed by atoms with Gasteiger partial charge in [-0.1, -0.05) is 0 Å². The van der Waals surface area contributed by atoms with E-state index in [4.69, 9.17) is 20.1 Å². The van der Waals surface area contributed by atoms with Gasteiger partial charge in [0, 0.05) is 41.5 Å². The molecule has 1 unspecified atom stereocenters. The van der Waals surface area contributed by atoms with Gasteiger partial charge in [0.05, 0.1) is 25.5 Å². The van der Waals surface area contributed by atoms with Gasteiger partial charge in [0.25, 0.3) is 5.91 Å². The number of fused-ring (bicyclic) bond motifs is 4. The fraction of sp³-hybridized carbons (Fsp3) is 0.185. The summed E-state index contributed by atoms with van der Waals surface area (Å²) in [6.07, 6.45) is 7.24. The molecule has 10 nitrogen and oxygen atoms in total. The Morgan fingerprint density at radius 2 is 2.08 bits per heavy atom. The summed E-state index contributed by atoms with van der Waals surface area (Å²) >= 11 is 0. The van der Waals surface area contributed by atoms with Gasteiger partial charge in [-0.3, -0.25) is 19.8 Å². The van der Waals surface area contributed by atoms with E-state index in [0.29, 0.717) is 46.9 Å². The lowest BCUT2D eigenvalue weighted by Crippen LogP contribution is -2.45. The van der Waals surface area contributed by atoms with Crippen LogP contribution >= 0.6 is 0 Å². The number of aliphatic imine (C=N–C) groups is 1. The molecule has 0 aliphatic carbocycles. The molecular formula is C27H22F2N6O4. The summed E-state index contributed by atoms with van der Waals surface area (Å²) in [4.78, 5) is 25.0. The zero-order chi connectivity index (χ0) is 27.1. The molecule has 3 N–H and O–H groups in total. The third-order valence-electron chi connectivity index (χ3n) is 6.80. The number of hydrogen-bond acceptors (Lipinski definition) is 9. The molecule has 0 radical (unpaired) electrons. The van der Waals surface area contributed by atoms with E-state index in [9.17, 15) is 9.18 Å². The normalized spacial score (nSPS) is 21.4. The van der Waals surface area contributed by atoms with Crippen LogP contribution in [0.3, 0.4) is 0 Å². The Labute approximate surface area is 221 Å². The molecule has 1 aromatic carbocycles. The molecule has 2 aromatic heterocycles. The van der Waals surface area contributed by atoms with Gasteiger partial charge in [-0.15, -0.1) is 0 Å². The number of nitrogens with one attached hydrogen (secondary N) is 1. The first-order valence-electron chi connectivity index (χ1n) is 12.0. The second-order valence-electron chi connectivity index (χ2n) is 9.05. The van der Waals surface area contributed by atoms with Gasteiger partial charge in [-0.25, -0.2) is 15.2 Å². The molecule has 5 heterocycles. The summed E-state index contributed by atoms with van der Waals surface area (Å²) in [5.41, 5.74) is 0.700. The zero-order valence-electron chi connectivity index (χ0n) is 20.6. The Bertz CT molecular complexity index is 1560. The molecule has 1 amide bonds. The van der Waals surface area contributed by atoms with E-state index in [1.807, 2.05) is 0 Å². The number of amides is 1. The maximum Gasteiger partial charge on any atom is 0.274 e. The van der Waals surface area contributed by atoms with Crippen molar-refractivity contribution >= 4 is 18.0 Å². The number of hydrazine groups is 1. The molecule has 0 saturated heterocycles. The van der Waals surface area contributed by atoms with E-state index in [2.05, 4.69) is 20.3 Å². The summed E-state index contributed by atoms with van der Waals surface area (Å²) in [7, 11) is 1.51. The number of hydrogen-bond donors (Lipinski definition) is 2. The van der Waals surface area contributed by atoms with Crippen LogP contribution in [0.2, 0.25) is 0 Å². The summed E-state index contributed by atoms with van der Waals surface area (Å²) in [6, 6.07) is 8.48. The van der Waals surface area contributed by atoms with Gasteiger partial charge in [0.15, 0.2) is 17.8 Å². The number of pyridine rings is 2. The van der Waals surface area contributed by atoms with Crippen LogP contribution in [-0.2, 0) is 10.3 Å². The van der Waals surface area contributed by atoms with Crippen LogP contribution in [0.5, 0.6) is 11.5 Å². The van der Waals surface area contributed by atoms with Gasteiger partial charge < -0.3 is 19.5 Å². The van der Waals surface area contributed by atoms with E-state index >= 15 is 4.39 Å². The second-order valence-corrected chi connectivity index (χ2v) is 9.05. The molecule has 3 aromatic rings. The molecule has 1 spiro atoms. The first-order valence-corrected chi connectivity index (χ1v) is 12.0. The number of ether oxygens (including phenoxy) is 3. The van der Waals surface area contributed by atoms with Crippen molar-refractivity contribution in [2.24, 2.45) is 10.8 Å². The summed E-state index contributed by atoms with van der Waals surface area (Å²) < 4.78 is 46.9. The third-order valence-corrected chi connectivity index (χ3v) is 6.80. The van der Waals surface area contributed by atoms with Crippen molar-refractivity contribution in [3.63, 3.8) is 0 Å². The minimum atomic E-state index is -1.21. The van der Waals surface area contributed by atoms with Gasteiger partial charge in [0.2, 0.25) is 5.95 Å². The predicted molar refractivity (Wildman–Crippen MR) is 136 cm³/mol. The number of carbonyl (C=O) groups is 1. The Balaban J connectivity index is 1.42. The molecule has 39 heavy (non-hydrogen) atoms. The largest absolute Gasteiger partial charge is 0.495 e. The van der Waals surface area contributed by atoms with Crippen LogP contribution in [0.25, 0.3) is 0 Å². The second kappa shape index (κ2) is 9.48. The summed E-state index contributed by atoms with van der Waals surface area (Å²) in [5, 5.41) is 3.69. The van der Waals surface area contributed by atoms with Crippen LogP contribution < -0.4 is 20.6 Å². The highest BCUT2D eigenvalue weighted by molar-refractivity contribution is 6.03. The Kier molecular flexibility index (Phi) is 5.95. The number of benzene rings is 1. The van der Waals surface area contributed by atoms with Crippen molar-refractivity contribution in [1.82, 2.24) is 15.0 Å². The van der Waals surface area contributed by atoms with E-state index < -0.39 is 29.3 Å². The third kappa shape index (κ3) is 4.14. The number of anilines is 1. The van der Waals surface area contributed by atoms with Crippen molar-refractivity contribution in [2.75, 3.05) is 19.0 Å². The highest BCUT2D eigenvalue weighted by atomic mass is 19.1. The molecule has 0 saturated carbocycles. The van der Waals surface area contributed by atoms with Crippen molar-refractivity contribution < 1.29 is 27.8 Å². The number of carbonyl (C=O) groups excluding carboxylic acids is 1. The van der Waals surface area contributed by atoms with Crippen LogP contribution in [-0.4, -0.2) is 40.9 Å². The Hall–Kier alpha value is -4.84. The highest BCUT2D eigenvalue weighted by Crippen LogP contribution is 2.54. The lowest BCUT2D eigenvalue weighted by atomic mass is 9.77. The van der Waals surface area contributed by atoms with Gasteiger partial charge in [0.1, 0.15) is 23.0 Å². The molecule has 0 fully saturated rings. The lowest BCUT2D eigenvalue weighted by molar-refractivity contribution is 0.0578. The number of nitrogens with zero attached hydrogens (tertiary/aromatic N) is 4. The van der Waals surface area contributed by atoms with Crippen molar-refractivity contribution in [2.45, 2.75) is 18.1 Å². The first kappa shape index (κ1) is 24.5. The predicted octanol–water partition coefficient (Wildman–Crippen LogP) is 3.91. The Morgan fingerprint density at radius 1 is 1.21 bits per heavy atom. The standard InChI is InChI=1S/C27H22F2N6O4/c1-37-18-3-4-21(33-13-18)26(36)34-17-2-5-23-19(9-17)27(6-7-31-14-38-27)20-10-22(15-8-16(28)12-32-11-15)35(30)25(29)24(20)39-23/h2-5,8-14,22H,6-7,30H2,1H3,(H,34,36)/t22?,27-/m0/s1. The highest BCUT2D eigenvalue weighted by Gasteiger charge is 2.51. The van der Waals surface area contributed by atoms with Gasteiger partial charge in [-0.2, -0.15) is 4.39 Å². The summed E-state index contributed by atoms with van der Waals surface area (Å²) in [5.74, 6) is 4.98. The van der Waals surface area contributed by atoms with Crippen LogP contribution in [0.4, 0.5) is 14.5 Å². The maximum atomic E-state index is 15.7. The average Bonchev–Trinajstić information content (AvgIpc) is 2.96. The SMILES string of the molecule is COc1ccc(C(=O)Nc2ccc3c(c2)[C@@]2(CCN=CO2)C2=CC(c4cncc(F)c4)N(N)C(F)=C2O3)nc1. The lowest BCUT2D eigenvalue weighted by Gasteiger charge is -2.45. The van der Waals surface area contributed by atoms with Crippen LogP contribution in [0.1, 0.15) is 34.1 Å². The minimum absolute atomic E-state index is 0.111. The van der Waals surface area contributed by atoms with Crippen molar-refractivity contribution in [3.8, 4) is 11.5 Å². The molecular weight excluding hydrogens is 510 g/mol. The Morgan fingerprint density at radius 3 is 2.79 bits per heavy atom. The fourth-order valence-electron chi connectivity index (χ4n) is 4.88. The number of aromatic nitrogens is 2. The van der Waals surface area contributed by atoms with Crippen LogP contribution in [0.15, 0.2) is 83.3 Å². The fourth-order valence-corrected chi connectivity index (χ4v) is 4.88. The van der Waals surface area contributed by atoms with Crippen molar-refractivity contribution in [1.29, 1.82) is 0 Å². The van der Waals surface area contributed by atoms with Crippen molar-refractivity contribution in [3.05, 3.63) is 101 Å². The number of rotatable bonds is 4. The first-order chi connectivity index (χ1) is 18.9. The van der Waals surface area contributed by atoms with E-state index in [-0.39, 0.29) is 11.5 Å². The number of halogens is 2. The molecule has 3 aliphatic heterocycles. The molecule has 12 heteroatoms. The molecule has 2 atom stereocenters. The number of nitrogens with two attached hydrogens (primary N) is 1. The van der Waals surface area contributed by atoms with Gasteiger partial charge >= 0.3 is 0 Å². The van der Waals surface area contributed by atoms with E-state index in [0.717, 1.165) is 11.2 Å². The number of methoxy groups -OCH3 is 1. The van der Waals surface area contributed by atoms with E-state index in [1.54, 1.807) is 36.4 Å². The van der Waals surface area contributed by atoms with E-state index in [1.165, 1.54) is 32.0 Å². The molecule has 6 rings (SSSR count). The maximum absolute atomic E-state index is 15.7. The minimum Gasteiger partial charge on any atom is -0.495 e. The monoisotopic (exact) mass is 532 g/mol. The topological polar surface area (TPSA) is 124 Å². The summed E-state index contributed by atoms with van der Waals surface area (Å²) in [6.45, 7) is 0.385. The molecule has 198 valence electrons. The van der Waals surface area contributed by atoms with Crippen LogP contribution in [0, 0.1) is 5.82 Å². The quantitative estimate of drug-likeness (QED) is 0.383. The van der Waals surface area contributed by atoms with Gasteiger partial charge in [-0.05, 0) is 42.5 Å². The molecule has 3 aliphatic rings.